The van der Waals surface area contributed by atoms with Crippen LogP contribution in [0.4, 0.5) is 4.39 Å². The van der Waals surface area contributed by atoms with Gasteiger partial charge >= 0.3 is 0 Å². The number of benzene rings is 1. The second-order valence-corrected chi connectivity index (χ2v) is 7.70. The number of rotatable bonds is 5. The van der Waals surface area contributed by atoms with Gasteiger partial charge in [-0.05, 0) is 50.5 Å². The zero-order chi connectivity index (χ0) is 22.5. The minimum Gasteiger partial charge on any atom is -0.477 e. The average molecular weight is 517 g/mol. The Hall–Kier alpha value is -1.58. The predicted molar refractivity (Wildman–Crippen MR) is 127 cm³/mol. The molecular weight excluding hydrogens is 491 g/mol. The Bertz CT molecular complexity index is 796. The lowest BCUT2D eigenvalue weighted by molar-refractivity contribution is -0.122. The van der Waals surface area contributed by atoms with Crippen molar-refractivity contribution in [1.82, 2.24) is 9.88 Å². The molecule has 0 bridgehead atoms. The van der Waals surface area contributed by atoms with Crippen molar-refractivity contribution >= 4 is 51.9 Å². The Morgan fingerprint density at radius 2 is 2.00 bits per heavy atom. The number of aromatic nitrogens is 1. The Kier molecular flexibility index (Phi) is 12.7. The first-order valence-electron chi connectivity index (χ1n) is 9.29. The zero-order valence-corrected chi connectivity index (χ0v) is 20.2. The summed E-state index contributed by atoms with van der Waals surface area (Å²) in [5, 5.41) is 0. The minimum absolute atomic E-state index is 0.308. The van der Waals surface area contributed by atoms with Gasteiger partial charge in [-0.15, -0.1) is 23.3 Å². The molecule has 0 N–H and O–H groups in total. The molecule has 2 atom stereocenters. The first-order valence-corrected chi connectivity index (χ1v) is 11.7. The fourth-order valence-electron chi connectivity index (χ4n) is 2.89. The Labute approximate surface area is 195 Å². The van der Waals surface area contributed by atoms with Crippen LogP contribution in [-0.2, 0) is 4.79 Å². The molecular formula is C21H26BrFN2O3S2. The average Bonchev–Trinajstić information content (AvgIpc) is 2.78. The van der Waals surface area contributed by atoms with Gasteiger partial charge in [0.05, 0.1) is 12.8 Å². The number of nitrogens with zero attached hydrogens (tertiary/aromatic N) is 2. The van der Waals surface area contributed by atoms with Gasteiger partial charge in [0.15, 0.2) is 0 Å². The van der Waals surface area contributed by atoms with E-state index in [1.54, 1.807) is 11.0 Å². The van der Waals surface area contributed by atoms with Crippen LogP contribution in [0, 0.1) is 18.7 Å². The van der Waals surface area contributed by atoms with Crippen molar-refractivity contribution in [2.45, 2.75) is 32.7 Å². The van der Waals surface area contributed by atoms with Crippen LogP contribution in [0.3, 0.4) is 0 Å². The van der Waals surface area contributed by atoms with E-state index in [1.165, 1.54) is 12.1 Å². The van der Waals surface area contributed by atoms with Gasteiger partial charge in [0.1, 0.15) is 12.1 Å². The normalized spacial score (nSPS) is 17.6. The number of aryl methyl sites for hydroxylation is 1. The van der Waals surface area contributed by atoms with Crippen molar-refractivity contribution in [3.63, 3.8) is 0 Å². The molecule has 164 valence electrons. The smallest absolute Gasteiger partial charge is 0.213 e. The van der Waals surface area contributed by atoms with Crippen molar-refractivity contribution in [2.75, 3.05) is 13.2 Å². The number of hydrogen-bond acceptors (Lipinski definition) is 6. The highest BCUT2D eigenvalue weighted by atomic mass is 79.9. The maximum atomic E-state index is 12.7. The Morgan fingerprint density at radius 3 is 2.57 bits per heavy atom. The third kappa shape index (κ3) is 9.06. The van der Waals surface area contributed by atoms with Crippen LogP contribution in [0.5, 0.6) is 5.88 Å². The summed E-state index contributed by atoms with van der Waals surface area (Å²) < 4.78 is 19.2. The molecule has 1 fully saturated rings. The van der Waals surface area contributed by atoms with Crippen molar-refractivity contribution in [3.8, 4) is 5.88 Å². The quantitative estimate of drug-likeness (QED) is 0.326. The van der Waals surface area contributed by atoms with Crippen LogP contribution in [0.25, 0.3) is 0 Å². The largest absolute Gasteiger partial charge is 0.477 e. The third-order valence-electron chi connectivity index (χ3n) is 4.65. The number of amides is 1. The van der Waals surface area contributed by atoms with Gasteiger partial charge in [0.25, 0.3) is 0 Å². The summed E-state index contributed by atoms with van der Waals surface area (Å²) in [7, 11) is 0. The van der Waals surface area contributed by atoms with E-state index in [9.17, 15) is 14.0 Å². The van der Waals surface area contributed by atoms with Crippen LogP contribution >= 0.6 is 39.3 Å². The molecule has 1 aliphatic rings. The van der Waals surface area contributed by atoms with Gasteiger partial charge in [0.2, 0.25) is 12.3 Å². The molecule has 1 aliphatic heterocycles. The predicted octanol–water partition coefficient (Wildman–Crippen LogP) is 5.19. The van der Waals surface area contributed by atoms with Gasteiger partial charge in [-0.1, -0.05) is 22.0 Å². The fraction of sp³-hybridized carbons (Fsp3) is 0.381. The standard InChI is InChI=1S/C13H17FN2O2.C8H7BrO.H2S2/c1-10-2-3-11(7-16(10)9-17)8-18-13-5-4-12(14)6-15-13;1-6-4-7(5-10)2-3-8(6)9;1-2/h4-6,9-11H,2-3,7-8H2,1H3;2-5H,1H3;1-2H/t10-,11?;;/m1../s1. The molecule has 30 heavy (non-hydrogen) atoms. The number of piperidine rings is 1. The molecule has 0 spiro atoms. The van der Waals surface area contributed by atoms with E-state index >= 15 is 0 Å². The molecule has 1 amide bonds. The van der Waals surface area contributed by atoms with E-state index in [2.05, 4.69) is 44.2 Å². The van der Waals surface area contributed by atoms with Gasteiger partial charge in [-0.25, -0.2) is 9.37 Å². The molecule has 1 saturated heterocycles. The van der Waals surface area contributed by atoms with Crippen LogP contribution in [0.15, 0.2) is 41.0 Å². The SMILES string of the molecule is C[C@@H]1CCC(COc2ccc(F)cn2)CN1C=O.Cc1cc(C=O)ccc1Br.SS. The maximum Gasteiger partial charge on any atom is 0.213 e. The Morgan fingerprint density at radius 1 is 1.27 bits per heavy atom. The summed E-state index contributed by atoms with van der Waals surface area (Å²) in [6.45, 7) is 5.23. The van der Waals surface area contributed by atoms with Gasteiger partial charge < -0.3 is 9.64 Å². The number of halogens is 2. The summed E-state index contributed by atoms with van der Waals surface area (Å²) in [5.41, 5.74) is 1.81. The molecule has 0 aliphatic carbocycles. The lowest BCUT2D eigenvalue weighted by atomic mass is 9.95. The van der Waals surface area contributed by atoms with Crippen LogP contribution in [-0.4, -0.2) is 41.8 Å². The van der Waals surface area contributed by atoms with Crippen LogP contribution < -0.4 is 4.74 Å². The summed E-state index contributed by atoms with van der Waals surface area (Å²) in [6.07, 6.45) is 4.90. The van der Waals surface area contributed by atoms with Crippen molar-refractivity contribution in [2.24, 2.45) is 5.92 Å². The van der Waals surface area contributed by atoms with Gasteiger partial charge in [-0.2, -0.15) is 0 Å². The molecule has 1 aromatic carbocycles. The summed E-state index contributed by atoms with van der Waals surface area (Å²) >= 11 is 9.79. The number of thiol groups is 2. The van der Waals surface area contributed by atoms with Crippen LogP contribution in [0.2, 0.25) is 0 Å². The number of carbonyl (C=O) groups excluding carboxylic acids is 2. The van der Waals surface area contributed by atoms with E-state index in [4.69, 9.17) is 4.74 Å². The van der Waals surface area contributed by atoms with Crippen molar-refractivity contribution < 1.29 is 18.7 Å². The van der Waals surface area contributed by atoms with Gasteiger partial charge in [0, 0.05) is 34.6 Å². The van der Waals surface area contributed by atoms with Crippen molar-refractivity contribution in [3.05, 3.63) is 57.9 Å². The zero-order valence-electron chi connectivity index (χ0n) is 16.9. The Balaban J connectivity index is 0.000000318. The first-order chi connectivity index (χ1) is 14.4. The molecule has 1 aromatic heterocycles. The van der Waals surface area contributed by atoms with E-state index in [0.717, 1.165) is 47.3 Å². The lowest BCUT2D eigenvalue weighted by Crippen LogP contribution is -2.42. The molecule has 1 unspecified atom stereocenters. The number of hydrogen-bond donors (Lipinski definition) is 2. The molecule has 0 radical (unpaired) electrons. The van der Waals surface area contributed by atoms with Crippen LogP contribution in [0.1, 0.15) is 35.7 Å². The first kappa shape index (κ1) is 26.5. The monoisotopic (exact) mass is 516 g/mol. The fourth-order valence-corrected chi connectivity index (χ4v) is 3.13. The molecule has 0 saturated carbocycles. The molecule has 2 aromatic rings. The summed E-state index contributed by atoms with van der Waals surface area (Å²) in [5.74, 6) is 0.367. The third-order valence-corrected chi connectivity index (χ3v) is 5.54. The number of carbonyl (C=O) groups is 2. The summed E-state index contributed by atoms with van der Waals surface area (Å²) in [4.78, 5) is 26.8. The maximum absolute atomic E-state index is 12.7. The highest BCUT2D eigenvalue weighted by Gasteiger charge is 2.24. The molecule has 9 heteroatoms. The van der Waals surface area contributed by atoms with Gasteiger partial charge in [-0.3, -0.25) is 9.59 Å². The number of pyridine rings is 1. The van der Waals surface area contributed by atoms with E-state index in [1.807, 2.05) is 26.0 Å². The molecule has 2 heterocycles. The lowest BCUT2D eigenvalue weighted by Gasteiger charge is -2.35. The second kappa shape index (κ2) is 14.4. The number of aldehydes is 1. The topological polar surface area (TPSA) is 59.5 Å². The van der Waals surface area contributed by atoms with E-state index < -0.39 is 0 Å². The van der Waals surface area contributed by atoms with E-state index in [0.29, 0.717) is 31.0 Å². The second-order valence-electron chi connectivity index (χ2n) is 6.85. The minimum atomic E-state index is -0.374. The number of likely N-dealkylation sites (tertiary alicyclic amines) is 1. The highest BCUT2D eigenvalue weighted by molar-refractivity contribution is 9.10. The van der Waals surface area contributed by atoms with E-state index in [-0.39, 0.29) is 5.82 Å². The molecule has 5 nitrogen and oxygen atoms in total. The molecule has 3 rings (SSSR count). The summed E-state index contributed by atoms with van der Waals surface area (Å²) in [6, 6.07) is 8.64. The van der Waals surface area contributed by atoms with Crippen molar-refractivity contribution in [1.29, 1.82) is 0 Å². The highest BCUT2D eigenvalue weighted by Crippen LogP contribution is 2.21. The number of ether oxygens (including phenoxy) is 1.